The van der Waals surface area contributed by atoms with Gasteiger partial charge in [-0.05, 0) is 36.2 Å². The summed E-state index contributed by atoms with van der Waals surface area (Å²) < 4.78 is 27.1. The van der Waals surface area contributed by atoms with Crippen molar-refractivity contribution in [3.8, 4) is 0 Å². The molecule has 0 aromatic heterocycles. The molecular formula is C20H23N3O3S. The molecule has 1 amide bonds. The maximum absolute atomic E-state index is 12.8. The number of nitrogens with zero attached hydrogens (tertiary/aromatic N) is 2. The number of sulfonamides is 1. The molecule has 4 rings (SSSR count). The van der Waals surface area contributed by atoms with Crippen LogP contribution in [0.5, 0.6) is 0 Å². The normalized spacial score (nSPS) is 17.7. The molecule has 0 radical (unpaired) electrons. The summed E-state index contributed by atoms with van der Waals surface area (Å²) in [5.74, 6) is 0.0654. The van der Waals surface area contributed by atoms with Crippen molar-refractivity contribution >= 4 is 27.3 Å². The van der Waals surface area contributed by atoms with Crippen LogP contribution in [0.2, 0.25) is 0 Å². The first-order valence-electron chi connectivity index (χ1n) is 9.12. The molecule has 2 heterocycles. The fourth-order valence-corrected chi connectivity index (χ4v) is 5.24. The van der Waals surface area contributed by atoms with Crippen molar-refractivity contribution in [2.75, 3.05) is 36.4 Å². The highest BCUT2D eigenvalue weighted by molar-refractivity contribution is 7.88. The number of amides is 1. The third kappa shape index (κ3) is 3.84. The van der Waals surface area contributed by atoms with Crippen LogP contribution >= 0.6 is 0 Å². The Labute approximate surface area is 159 Å². The molecule has 2 aliphatic rings. The number of anilines is 2. The zero-order valence-electron chi connectivity index (χ0n) is 15.3. The predicted molar refractivity (Wildman–Crippen MR) is 106 cm³/mol. The van der Waals surface area contributed by atoms with Crippen LogP contribution in [0.1, 0.15) is 16.7 Å². The quantitative estimate of drug-likeness (QED) is 0.876. The molecule has 0 bridgehead atoms. The van der Waals surface area contributed by atoms with Gasteiger partial charge in [-0.3, -0.25) is 4.79 Å². The SMILES string of the molecule is Cc1cccc(CS(=O)(=O)N2CCN(c3ccc4c(c3)CC(=O)N4)CC2)c1. The highest BCUT2D eigenvalue weighted by Crippen LogP contribution is 2.28. The minimum atomic E-state index is -3.32. The smallest absolute Gasteiger partial charge is 0.228 e. The van der Waals surface area contributed by atoms with Crippen molar-refractivity contribution < 1.29 is 13.2 Å². The molecule has 2 aliphatic heterocycles. The lowest BCUT2D eigenvalue weighted by Crippen LogP contribution is -2.49. The number of aryl methyl sites for hydroxylation is 1. The number of benzene rings is 2. The van der Waals surface area contributed by atoms with E-state index in [2.05, 4.69) is 10.2 Å². The number of carbonyl (C=O) groups excluding carboxylic acids is 1. The minimum absolute atomic E-state index is 0.0224. The number of hydrogen-bond acceptors (Lipinski definition) is 4. The predicted octanol–water partition coefficient (Wildman–Crippen LogP) is 2.14. The van der Waals surface area contributed by atoms with Gasteiger partial charge in [-0.15, -0.1) is 0 Å². The van der Waals surface area contributed by atoms with Crippen molar-refractivity contribution in [3.63, 3.8) is 0 Å². The Morgan fingerprint density at radius 2 is 1.81 bits per heavy atom. The van der Waals surface area contributed by atoms with E-state index in [-0.39, 0.29) is 11.7 Å². The van der Waals surface area contributed by atoms with Gasteiger partial charge in [0.15, 0.2) is 0 Å². The van der Waals surface area contributed by atoms with E-state index in [0.29, 0.717) is 32.6 Å². The Morgan fingerprint density at radius 3 is 2.56 bits per heavy atom. The highest BCUT2D eigenvalue weighted by atomic mass is 32.2. The van der Waals surface area contributed by atoms with Gasteiger partial charge in [0, 0.05) is 37.6 Å². The van der Waals surface area contributed by atoms with Crippen molar-refractivity contribution in [2.45, 2.75) is 19.1 Å². The van der Waals surface area contributed by atoms with Gasteiger partial charge < -0.3 is 10.2 Å². The Kier molecular flexibility index (Phi) is 4.65. The van der Waals surface area contributed by atoms with Crippen molar-refractivity contribution in [3.05, 3.63) is 59.2 Å². The topological polar surface area (TPSA) is 69.7 Å². The average molecular weight is 385 g/mol. The zero-order valence-corrected chi connectivity index (χ0v) is 16.1. The second-order valence-electron chi connectivity index (χ2n) is 7.20. The van der Waals surface area contributed by atoms with Crippen molar-refractivity contribution in [2.24, 2.45) is 0 Å². The van der Waals surface area contributed by atoms with E-state index in [1.807, 2.05) is 49.4 Å². The lowest BCUT2D eigenvalue weighted by molar-refractivity contribution is -0.115. The van der Waals surface area contributed by atoms with Gasteiger partial charge in [0.2, 0.25) is 15.9 Å². The van der Waals surface area contributed by atoms with Crippen LogP contribution in [0.3, 0.4) is 0 Å². The number of hydrogen-bond donors (Lipinski definition) is 1. The minimum Gasteiger partial charge on any atom is -0.369 e. The molecular weight excluding hydrogens is 362 g/mol. The average Bonchev–Trinajstić information content (AvgIpc) is 3.00. The summed E-state index contributed by atoms with van der Waals surface area (Å²) in [5, 5.41) is 2.84. The van der Waals surface area contributed by atoms with Crippen LogP contribution in [-0.2, 0) is 27.0 Å². The van der Waals surface area contributed by atoms with Gasteiger partial charge in [0.25, 0.3) is 0 Å². The molecule has 142 valence electrons. The largest absolute Gasteiger partial charge is 0.369 e. The molecule has 7 heteroatoms. The van der Waals surface area contributed by atoms with Gasteiger partial charge >= 0.3 is 0 Å². The highest BCUT2D eigenvalue weighted by Gasteiger charge is 2.28. The van der Waals surface area contributed by atoms with E-state index in [1.165, 1.54) is 0 Å². The summed E-state index contributed by atoms with van der Waals surface area (Å²) in [5.41, 5.74) is 4.82. The van der Waals surface area contributed by atoms with E-state index in [1.54, 1.807) is 4.31 Å². The molecule has 0 unspecified atom stereocenters. The summed E-state index contributed by atoms with van der Waals surface area (Å²) in [6, 6.07) is 13.6. The number of piperazine rings is 1. The second kappa shape index (κ2) is 6.98. The Bertz CT molecular complexity index is 980. The Morgan fingerprint density at radius 1 is 1.04 bits per heavy atom. The molecule has 27 heavy (non-hydrogen) atoms. The summed E-state index contributed by atoms with van der Waals surface area (Å²) in [6.07, 6.45) is 0.411. The zero-order chi connectivity index (χ0) is 19.0. The standard InChI is InChI=1S/C20H23N3O3S/c1-15-3-2-4-16(11-15)14-27(25,26)23-9-7-22(8-10-23)18-5-6-19-17(12-18)13-20(24)21-19/h2-6,11-12H,7-10,13-14H2,1H3,(H,21,24). The molecule has 0 aliphatic carbocycles. The molecule has 0 atom stereocenters. The fourth-order valence-electron chi connectivity index (χ4n) is 3.74. The maximum Gasteiger partial charge on any atom is 0.228 e. The first-order chi connectivity index (χ1) is 12.9. The van der Waals surface area contributed by atoms with Gasteiger partial charge in [-0.1, -0.05) is 29.8 Å². The lowest BCUT2D eigenvalue weighted by Gasteiger charge is -2.35. The van der Waals surface area contributed by atoms with Crippen LogP contribution in [0.25, 0.3) is 0 Å². The monoisotopic (exact) mass is 385 g/mol. The summed E-state index contributed by atoms with van der Waals surface area (Å²) in [6.45, 7) is 4.21. The number of nitrogens with one attached hydrogen (secondary N) is 1. The van der Waals surface area contributed by atoms with Crippen molar-refractivity contribution in [1.29, 1.82) is 0 Å². The maximum atomic E-state index is 12.8. The molecule has 1 fully saturated rings. The van der Waals surface area contributed by atoms with E-state index >= 15 is 0 Å². The second-order valence-corrected chi connectivity index (χ2v) is 9.17. The van der Waals surface area contributed by atoms with Gasteiger partial charge in [0.1, 0.15) is 0 Å². The van der Waals surface area contributed by atoms with E-state index < -0.39 is 10.0 Å². The van der Waals surface area contributed by atoms with Crippen LogP contribution in [-0.4, -0.2) is 44.8 Å². The van der Waals surface area contributed by atoms with Crippen LogP contribution in [0, 0.1) is 6.92 Å². The third-order valence-electron chi connectivity index (χ3n) is 5.14. The lowest BCUT2D eigenvalue weighted by atomic mass is 10.1. The van der Waals surface area contributed by atoms with Gasteiger partial charge in [-0.25, -0.2) is 8.42 Å². The number of carbonyl (C=O) groups is 1. The van der Waals surface area contributed by atoms with E-state index in [9.17, 15) is 13.2 Å². The number of fused-ring (bicyclic) bond motifs is 1. The molecule has 6 nitrogen and oxygen atoms in total. The van der Waals surface area contributed by atoms with Gasteiger partial charge in [0.05, 0.1) is 12.2 Å². The number of rotatable bonds is 4. The van der Waals surface area contributed by atoms with Crippen molar-refractivity contribution in [1.82, 2.24) is 4.31 Å². The summed E-state index contributed by atoms with van der Waals surface area (Å²) in [4.78, 5) is 13.7. The molecule has 1 N–H and O–H groups in total. The van der Waals surface area contributed by atoms with Crippen LogP contribution < -0.4 is 10.2 Å². The molecule has 0 saturated carbocycles. The Hall–Kier alpha value is -2.38. The van der Waals surface area contributed by atoms with E-state index in [4.69, 9.17) is 0 Å². The fraction of sp³-hybridized carbons (Fsp3) is 0.350. The van der Waals surface area contributed by atoms with Crippen LogP contribution in [0.15, 0.2) is 42.5 Å². The Balaban J connectivity index is 1.41. The first kappa shape index (κ1) is 18.0. The summed E-state index contributed by atoms with van der Waals surface area (Å²) in [7, 11) is -3.32. The van der Waals surface area contributed by atoms with E-state index in [0.717, 1.165) is 28.1 Å². The molecule has 2 aromatic carbocycles. The molecule has 0 spiro atoms. The van der Waals surface area contributed by atoms with Gasteiger partial charge in [-0.2, -0.15) is 4.31 Å². The third-order valence-corrected chi connectivity index (χ3v) is 6.99. The molecule has 1 saturated heterocycles. The summed E-state index contributed by atoms with van der Waals surface area (Å²) >= 11 is 0. The molecule has 2 aromatic rings. The first-order valence-corrected chi connectivity index (χ1v) is 10.7. The van der Waals surface area contributed by atoms with Crippen LogP contribution in [0.4, 0.5) is 11.4 Å².